The number of piperidine rings is 2. The molecule has 6 nitrogen and oxygen atoms in total. The Kier molecular flexibility index (Phi) is 6.15. The van der Waals surface area contributed by atoms with Crippen molar-refractivity contribution in [2.45, 2.75) is 62.2 Å². The summed E-state index contributed by atoms with van der Waals surface area (Å²) in [6.07, 6.45) is -6.64. The Morgan fingerprint density at radius 3 is 1.23 bits per heavy atom. The highest BCUT2D eigenvalue weighted by Crippen LogP contribution is 2.29. The van der Waals surface area contributed by atoms with Crippen LogP contribution in [-0.2, 0) is 0 Å². The normalized spacial score (nSPS) is 43.9. The van der Waals surface area contributed by atoms with Gasteiger partial charge in [0.05, 0.1) is 24.3 Å². The second-order valence-corrected chi connectivity index (χ2v) is 5.63. The molecule has 2 fully saturated rings. The van der Waals surface area contributed by atoms with E-state index in [-0.39, 0.29) is 13.1 Å². The highest BCUT2D eigenvalue weighted by atomic mass is 19.3. The van der Waals surface area contributed by atoms with Crippen molar-refractivity contribution >= 4 is 0 Å². The van der Waals surface area contributed by atoms with Crippen LogP contribution >= 0.6 is 0 Å². The van der Waals surface area contributed by atoms with Crippen molar-refractivity contribution in [2.75, 3.05) is 13.1 Å². The van der Waals surface area contributed by atoms with Gasteiger partial charge in [0.2, 0.25) is 0 Å². The molecule has 2 heterocycles. The van der Waals surface area contributed by atoms with E-state index < -0.39 is 48.3 Å². The Morgan fingerprint density at radius 1 is 0.727 bits per heavy atom. The molecule has 6 atom stereocenters. The van der Waals surface area contributed by atoms with Crippen molar-refractivity contribution in [2.24, 2.45) is 0 Å². The number of halogens is 4. The number of rotatable bonds is 0. The van der Waals surface area contributed by atoms with Gasteiger partial charge in [-0.2, -0.15) is 0 Å². The third-order valence-electron chi connectivity index (χ3n) is 3.94. The first kappa shape index (κ1) is 19.5. The third kappa shape index (κ3) is 3.87. The summed E-state index contributed by atoms with van der Waals surface area (Å²) < 4.78 is 51.1. The molecular weight excluding hydrogens is 312 g/mol. The Balaban J connectivity index is 0.000000220. The zero-order valence-electron chi connectivity index (χ0n) is 12.2. The van der Waals surface area contributed by atoms with Crippen molar-refractivity contribution in [1.82, 2.24) is 10.6 Å². The predicted molar refractivity (Wildman–Crippen MR) is 68.9 cm³/mol. The molecular formula is C12H22F4N2O4. The van der Waals surface area contributed by atoms with Crippen molar-refractivity contribution in [1.29, 1.82) is 0 Å². The van der Waals surface area contributed by atoms with Gasteiger partial charge in [0.25, 0.3) is 11.8 Å². The van der Waals surface area contributed by atoms with E-state index in [4.69, 9.17) is 20.4 Å². The first-order valence-electron chi connectivity index (χ1n) is 6.87. The van der Waals surface area contributed by atoms with Crippen molar-refractivity contribution in [3.63, 3.8) is 0 Å². The molecule has 0 bridgehead atoms. The van der Waals surface area contributed by atoms with E-state index in [0.717, 1.165) is 0 Å². The number of hydrogen-bond donors (Lipinski definition) is 6. The van der Waals surface area contributed by atoms with E-state index in [0.29, 0.717) is 0 Å². The summed E-state index contributed by atoms with van der Waals surface area (Å²) >= 11 is 0. The molecule has 2 aliphatic heterocycles. The van der Waals surface area contributed by atoms with E-state index in [1.54, 1.807) is 0 Å². The van der Waals surface area contributed by atoms with Crippen molar-refractivity contribution < 1.29 is 38.0 Å². The van der Waals surface area contributed by atoms with Crippen LogP contribution in [0, 0.1) is 0 Å². The van der Waals surface area contributed by atoms with Crippen molar-refractivity contribution in [3.8, 4) is 0 Å². The fourth-order valence-corrected chi connectivity index (χ4v) is 2.12. The Morgan fingerprint density at radius 2 is 1.00 bits per heavy atom. The quantitative estimate of drug-likeness (QED) is 0.307. The molecule has 0 spiro atoms. The van der Waals surface area contributed by atoms with Gasteiger partial charge in [-0.15, -0.1) is 0 Å². The summed E-state index contributed by atoms with van der Waals surface area (Å²) in [6, 6.07) is -2.17. The lowest BCUT2D eigenvalue weighted by molar-refractivity contribution is -0.185. The fourth-order valence-electron chi connectivity index (χ4n) is 2.12. The highest BCUT2D eigenvalue weighted by Gasteiger charge is 2.51. The van der Waals surface area contributed by atoms with Crippen LogP contribution < -0.4 is 10.6 Å². The molecule has 0 unspecified atom stereocenters. The van der Waals surface area contributed by atoms with Crippen LogP contribution in [0.4, 0.5) is 17.6 Å². The molecule has 10 heteroatoms. The van der Waals surface area contributed by atoms with E-state index >= 15 is 0 Å². The smallest absolute Gasteiger partial charge is 0.290 e. The van der Waals surface area contributed by atoms with Crippen LogP contribution in [0.3, 0.4) is 0 Å². The Bertz CT molecular complexity index is 341. The molecule has 0 saturated carbocycles. The second kappa shape index (κ2) is 6.93. The summed E-state index contributed by atoms with van der Waals surface area (Å²) in [5.74, 6) is -6.48. The summed E-state index contributed by atoms with van der Waals surface area (Å²) in [6.45, 7) is 2.57. The fraction of sp³-hybridized carbons (Fsp3) is 1.00. The van der Waals surface area contributed by atoms with Crippen LogP contribution in [0.5, 0.6) is 0 Å². The standard InChI is InChI=1S/2C6H11F2NO2/c2*1-3-6(7,8)5(11)4(10)2-9-3/h2*3-5,9-11H,2H2,1H3/t2*3-,4+,5-/m11/s1. The van der Waals surface area contributed by atoms with Gasteiger partial charge in [0, 0.05) is 13.1 Å². The van der Waals surface area contributed by atoms with Crippen LogP contribution in [-0.4, -0.2) is 81.9 Å². The molecule has 2 rings (SSSR count). The summed E-state index contributed by atoms with van der Waals surface area (Å²) in [5.41, 5.74) is 0. The largest absolute Gasteiger partial charge is 0.389 e. The third-order valence-corrected chi connectivity index (χ3v) is 3.94. The molecule has 0 amide bonds. The molecule has 0 aromatic heterocycles. The second-order valence-electron chi connectivity index (χ2n) is 5.63. The number of nitrogens with one attached hydrogen (secondary N) is 2. The van der Waals surface area contributed by atoms with E-state index in [9.17, 15) is 17.6 Å². The van der Waals surface area contributed by atoms with Gasteiger partial charge in [0.15, 0.2) is 0 Å². The number of alkyl halides is 4. The number of hydrogen-bond acceptors (Lipinski definition) is 6. The first-order valence-corrected chi connectivity index (χ1v) is 6.87. The topological polar surface area (TPSA) is 105 Å². The molecule has 0 aromatic carbocycles. The molecule has 6 N–H and O–H groups in total. The molecule has 2 aliphatic rings. The van der Waals surface area contributed by atoms with E-state index in [2.05, 4.69) is 10.6 Å². The van der Waals surface area contributed by atoms with Crippen LogP contribution in [0.1, 0.15) is 13.8 Å². The highest BCUT2D eigenvalue weighted by molar-refractivity contribution is 4.96. The summed E-state index contributed by atoms with van der Waals surface area (Å²) in [4.78, 5) is 0. The maximum Gasteiger partial charge on any atom is 0.290 e. The van der Waals surface area contributed by atoms with Crippen LogP contribution in [0.25, 0.3) is 0 Å². The Hall–Kier alpha value is -0.520. The maximum absolute atomic E-state index is 12.8. The molecule has 2 saturated heterocycles. The van der Waals surface area contributed by atoms with Crippen LogP contribution in [0.15, 0.2) is 0 Å². The Labute approximate surface area is 125 Å². The average Bonchev–Trinajstić information content (AvgIpc) is 2.45. The number of aliphatic hydroxyl groups is 4. The van der Waals surface area contributed by atoms with Gasteiger partial charge < -0.3 is 31.1 Å². The van der Waals surface area contributed by atoms with Gasteiger partial charge >= 0.3 is 0 Å². The summed E-state index contributed by atoms with van der Waals surface area (Å²) in [5, 5.41) is 40.1. The van der Waals surface area contributed by atoms with Crippen molar-refractivity contribution in [3.05, 3.63) is 0 Å². The lowest BCUT2D eigenvalue weighted by Crippen LogP contribution is -2.62. The minimum Gasteiger partial charge on any atom is -0.389 e. The van der Waals surface area contributed by atoms with Gasteiger partial charge in [-0.25, -0.2) is 17.6 Å². The minimum atomic E-state index is -3.24. The van der Waals surface area contributed by atoms with E-state index in [1.807, 2.05) is 0 Å². The monoisotopic (exact) mass is 334 g/mol. The number of β-amino-alcohol motifs (C(OH)–C–C–N with tert-alkyl or cyclic N) is 2. The van der Waals surface area contributed by atoms with Gasteiger partial charge in [-0.1, -0.05) is 0 Å². The van der Waals surface area contributed by atoms with Gasteiger partial charge in [0.1, 0.15) is 12.2 Å². The minimum absolute atomic E-state index is 0.0118. The first-order chi connectivity index (χ1) is 9.92. The molecule has 0 radical (unpaired) electrons. The molecule has 0 aliphatic carbocycles. The average molecular weight is 334 g/mol. The van der Waals surface area contributed by atoms with Gasteiger partial charge in [-0.05, 0) is 13.8 Å². The van der Waals surface area contributed by atoms with Crippen LogP contribution in [0.2, 0.25) is 0 Å². The maximum atomic E-state index is 12.8. The lowest BCUT2D eigenvalue weighted by Gasteiger charge is -2.37. The molecule has 132 valence electrons. The lowest BCUT2D eigenvalue weighted by atomic mass is 9.96. The van der Waals surface area contributed by atoms with E-state index in [1.165, 1.54) is 13.8 Å². The molecule has 22 heavy (non-hydrogen) atoms. The molecule has 0 aromatic rings. The summed E-state index contributed by atoms with van der Waals surface area (Å²) in [7, 11) is 0. The van der Waals surface area contributed by atoms with Gasteiger partial charge in [-0.3, -0.25) is 0 Å². The number of aliphatic hydroxyl groups excluding tert-OH is 4. The zero-order chi connectivity index (χ0) is 17.3. The predicted octanol–water partition coefficient (Wildman–Crippen LogP) is -1.33. The zero-order valence-corrected chi connectivity index (χ0v) is 12.2. The SMILES string of the molecule is C[C@H]1NC[C@H](O)[C@@H](O)C1(F)F.C[C@H]1NC[C@H](O)[C@@H](O)C1(F)F.